The zero-order valence-electron chi connectivity index (χ0n) is 8.33. The van der Waals surface area contributed by atoms with Crippen LogP contribution in [0.3, 0.4) is 0 Å². The second-order valence-electron chi connectivity index (χ2n) is 3.00. The number of sulfonamides is 1. The normalized spacial score (nSPS) is 11.6. The van der Waals surface area contributed by atoms with E-state index >= 15 is 0 Å². The van der Waals surface area contributed by atoms with Crippen LogP contribution in [0, 0.1) is 9.39 Å². The third-order valence-corrected chi connectivity index (χ3v) is 4.33. The molecule has 9 heteroatoms. The van der Waals surface area contributed by atoms with E-state index in [-0.39, 0.29) is 15.1 Å². The summed E-state index contributed by atoms with van der Waals surface area (Å²) in [5.74, 6) is -0.844. The number of anilines is 2. The van der Waals surface area contributed by atoms with E-state index in [4.69, 9.17) is 17.3 Å². The van der Waals surface area contributed by atoms with Crippen LogP contribution < -0.4 is 10.0 Å². The Balaban J connectivity index is 3.48. The van der Waals surface area contributed by atoms with Crippen molar-refractivity contribution in [2.45, 2.75) is 0 Å². The second kappa shape index (κ2) is 4.49. The molecule has 16 heavy (non-hydrogen) atoms. The van der Waals surface area contributed by atoms with Gasteiger partial charge in [-0.15, -0.1) is 0 Å². The molecule has 0 aliphatic carbocycles. The molecule has 0 fully saturated rings. The first-order valence-electron chi connectivity index (χ1n) is 3.90. The number of aromatic nitrogens is 1. The van der Waals surface area contributed by atoms with E-state index in [0.29, 0.717) is 0 Å². The Morgan fingerprint density at radius 1 is 1.56 bits per heavy atom. The van der Waals surface area contributed by atoms with Crippen LogP contribution in [0.1, 0.15) is 0 Å². The molecule has 0 saturated heterocycles. The van der Waals surface area contributed by atoms with Gasteiger partial charge in [0.05, 0.1) is 15.5 Å². The number of nitrogen functional groups attached to an aromatic ring is 1. The average Bonchev–Trinajstić information content (AvgIpc) is 2.18. The number of rotatable bonds is 2. The van der Waals surface area contributed by atoms with Gasteiger partial charge in [-0.3, -0.25) is 4.31 Å². The van der Waals surface area contributed by atoms with Crippen molar-refractivity contribution < 1.29 is 12.8 Å². The maximum atomic E-state index is 13.2. The van der Waals surface area contributed by atoms with E-state index in [1.54, 1.807) is 22.6 Å². The lowest BCUT2D eigenvalue weighted by atomic mass is 10.4. The third kappa shape index (κ3) is 2.48. The van der Waals surface area contributed by atoms with Crippen LogP contribution in [0.15, 0.2) is 0 Å². The van der Waals surface area contributed by atoms with Crippen LogP contribution in [0.4, 0.5) is 15.9 Å². The highest BCUT2D eigenvalue weighted by atomic mass is 127. The molecular weight excluding hydrogens is 372 g/mol. The average molecular weight is 380 g/mol. The summed E-state index contributed by atoms with van der Waals surface area (Å²) in [6.45, 7) is 0. The Kier molecular flexibility index (Phi) is 3.85. The fraction of sp³-hybridized carbons (Fsp3) is 0.286. The van der Waals surface area contributed by atoms with E-state index in [1.165, 1.54) is 7.05 Å². The highest BCUT2D eigenvalue weighted by molar-refractivity contribution is 14.1. The monoisotopic (exact) mass is 379 g/mol. The smallest absolute Gasteiger partial charge is 0.233 e. The van der Waals surface area contributed by atoms with Gasteiger partial charge in [0.15, 0.2) is 16.8 Å². The first-order chi connectivity index (χ1) is 7.16. The Bertz CT molecular complexity index is 537. The van der Waals surface area contributed by atoms with Crippen molar-refractivity contribution in [2.24, 2.45) is 0 Å². The zero-order valence-corrected chi connectivity index (χ0v) is 12.1. The van der Waals surface area contributed by atoms with Crippen molar-refractivity contribution in [3.05, 3.63) is 14.5 Å². The zero-order chi connectivity index (χ0) is 12.7. The van der Waals surface area contributed by atoms with Crippen LogP contribution in [-0.2, 0) is 10.0 Å². The van der Waals surface area contributed by atoms with E-state index in [9.17, 15) is 12.8 Å². The van der Waals surface area contributed by atoms with Gasteiger partial charge >= 0.3 is 0 Å². The van der Waals surface area contributed by atoms with E-state index in [0.717, 1.165) is 10.6 Å². The molecule has 0 saturated carbocycles. The van der Waals surface area contributed by atoms with Gasteiger partial charge in [0.25, 0.3) is 0 Å². The standard InChI is InChI=1S/C7H8ClFIN3O2S/c1-13(16(2,14)15)7-4(10)5(11)3(9)6(8)12-7/h1-2H3,(H2,11,12). The van der Waals surface area contributed by atoms with Crippen molar-refractivity contribution >= 4 is 55.7 Å². The van der Waals surface area contributed by atoms with Gasteiger partial charge in [-0.25, -0.2) is 17.8 Å². The van der Waals surface area contributed by atoms with Crippen LogP contribution in [-0.4, -0.2) is 26.7 Å². The van der Waals surface area contributed by atoms with Crippen molar-refractivity contribution in [1.29, 1.82) is 0 Å². The molecule has 0 aliphatic rings. The van der Waals surface area contributed by atoms with Gasteiger partial charge in [0.2, 0.25) is 10.0 Å². The highest BCUT2D eigenvalue weighted by Gasteiger charge is 2.22. The molecule has 1 heterocycles. The molecule has 0 amide bonds. The summed E-state index contributed by atoms with van der Waals surface area (Å²) in [4.78, 5) is 3.65. The number of hydrogen-bond donors (Lipinski definition) is 1. The van der Waals surface area contributed by atoms with Gasteiger partial charge in [-0.05, 0) is 22.6 Å². The minimum Gasteiger partial charge on any atom is -0.395 e. The summed E-state index contributed by atoms with van der Waals surface area (Å²) >= 11 is 7.20. The maximum Gasteiger partial charge on any atom is 0.233 e. The van der Waals surface area contributed by atoms with Crippen LogP contribution in [0.5, 0.6) is 0 Å². The number of nitrogens with zero attached hydrogens (tertiary/aromatic N) is 2. The summed E-state index contributed by atoms with van der Waals surface area (Å²) in [6, 6.07) is 0. The van der Waals surface area contributed by atoms with E-state index in [1.807, 2.05) is 0 Å². The molecule has 0 bridgehead atoms. The molecule has 1 aromatic heterocycles. The minimum absolute atomic E-state index is 0.00648. The van der Waals surface area contributed by atoms with Gasteiger partial charge in [0, 0.05) is 7.05 Å². The fourth-order valence-corrected chi connectivity index (χ4v) is 2.40. The molecule has 0 aromatic carbocycles. The molecule has 1 aromatic rings. The number of halogens is 3. The molecule has 0 spiro atoms. The number of nitrogens with two attached hydrogens (primary N) is 1. The lowest BCUT2D eigenvalue weighted by Gasteiger charge is -2.18. The Morgan fingerprint density at radius 2 is 2.06 bits per heavy atom. The minimum atomic E-state index is -3.50. The van der Waals surface area contributed by atoms with Crippen LogP contribution in [0.2, 0.25) is 5.15 Å². The topological polar surface area (TPSA) is 76.3 Å². The third-order valence-electron chi connectivity index (χ3n) is 1.85. The Morgan fingerprint density at radius 3 is 2.50 bits per heavy atom. The summed E-state index contributed by atoms with van der Waals surface area (Å²) in [5, 5.41) is -0.455. The van der Waals surface area contributed by atoms with Crippen molar-refractivity contribution in [3.63, 3.8) is 0 Å². The second-order valence-corrected chi connectivity index (χ2v) is 6.45. The molecule has 2 N–H and O–H groups in total. The predicted molar refractivity (Wildman–Crippen MR) is 69.6 cm³/mol. The summed E-state index contributed by atoms with van der Waals surface area (Å²) in [7, 11) is -2.21. The lowest BCUT2D eigenvalue weighted by molar-refractivity contribution is 0.599. The molecule has 0 atom stereocenters. The van der Waals surface area contributed by atoms with Crippen molar-refractivity contribution in [1.82, 2.24) is 4.98 Å². The fourth-order valence-electron chi connectivity index (χ4n) is 0.885. The Hall–Kier alpha value is -0.350. The van der Waals surface area contributed by atoms with Gasteiger partial charge in [-0.2, -0.15) is 0 Å². The molecule has 5 nitrogen and oxygen atoms in total. The maximum absolute atomic E-state index is 13.2. The van der Waals surface area contributed by atoms with Gasteiger partial charge < -0.3 is 5.73 Å². The SMILES string of the molecule is CN(c1nc(Cl)c(F)c(N)c1I)S(C)(=O)=O. The quantitative estimate of drug-likeness (QED) is 0.623. The first-order valence-corrected chi connectivity index (χ1v) is 7.20. The summed E-state index contributed by atoms with van der Waals surface area (Å²) < 4.78 is 36.9. The summed E-state index contributed by atoms with van der Waals surface area (Å²) in [6.07, 6.45) is 0.998. The van der Waals surface area contributed by atoms with Crippen LogP contribution >= 0.6 is 34.2 Å². The molecule has 0 unspecified atom stereocenters. The van der Waals surface area contributed by atoms with Crippen molar-refractivity contribution in [2.75, 3.05) is 23.3 Å². The van der Waals surface area contributed by atoms with Crippen molar-refractivity contribution in [3.8, 4) is 0 Å². The van der Waals surface area contributed by atoms with Gasteiger partial charge in [-0.1, -0.05) is 11.6 Å². The van der Waals surface area contributed by atoms with Crippen LogP contribution in [0.25, 0.3) is 0 Å². The predicted octanol–water partition coefficient (Wildman–Crippen LogP) is 1.46. The largest absolute Gasteiger partial charge is 0.395 e. The molecular formula is C7H8ClFIN3O2S. The molecule has 90 valence electrons. The number of pyridine rings is 1. The summed E-state index contributed by atoms with van der Waals surface area (Å²) in [5.41, 5.74) is 5.22. The molecule has 0 aliphatic heterocycles. The van der Waals surface area contributed by atoms with E-state index < -0.39 is 21.0 Å². The first kappa shape index (κ1) is 13.7. The highest BCUT2D eigenvalue weighted by Crippen LogP contribution is 2.31. The Labute approximate surface area is 111 Å². The number of hydrogen-bond acceptors (Lipinski definition) is 4. The lowest BCUT2D eigenvalue weighted by Crippen LogP contribution is -2.27. The molecule has 0 radical (unpaired) electrons. The van der Waals surface area contributed by atoms with Gasteiger partial charge in [0.1, 0.15) is 0 Å². The van der Waals surface area contributed by atoms with E-state index in [2.05, 4.69) is 4.98 Å². The molecule has 1 rings (SSSR count).